The quantitative estimate of drug-likeness (QED) is 0.749. The van der Waals surface area contributed by atoms with Crippen LogP contribution in [0, 0.1) is 13.8 Å². The minimum Gasteiger partial charge on any atom is -0.338 e. The van der Waals surface area contributed by atoms with Crippen molar-refractivity contribution in [1.29, 1.82) is 0 Å². The minimum atomic E-state index is 0.872. The Balaban J connectivity index is 2.25. The second kappa shape index (κ2) is 3.95. The molecule has 2 aromatic heterocycles. The van der Waals surface area contributed by atoms with Gasteiger partial charge in [0, 0.05) is 17.7 Å². The Labute approximate surface area is 113 Å². The normalized spacial score (nSPS) is 11.3. The number of aryl methyl sites for hydroxylation is 3. The van der Waals surface area contributed by atoms with Gasteiger partial charge in [0.05, 0.1) is 22.3 Å². The second-order valence-electron chi connectivity index (χ2n) is 4.51. The molecule has 2 heterocycles. The first-order valence-corrected chi connectivity index (χ1v) is 6.50. The number of nitrogens with zero attached hydrogens (tertiary/aromatic N) is 3. The van der Waals surface area contributed by atoms with E-state index < -0.39 is 0 Å². The van der Waals surface area contributed by atoms with E-state index in [4.69, 9.17) is 0 Å². The number of H-pyrrole nitrogens is 1. The van der Waals surface area contributed by atoms with Gasteiger partial charge in [0.15, 0.2) is 0 Å². The molecule has 0 aliphatic carbocycles. The van der Waals surface area contributed by atoms with Gasteiger partial charge in [-0.1, -0.05) is 15.9 Å². The Morgan fingerprint density at radius 2 is 2.06 bits per heavy atom. The predicted octanol–water partition coefficient (Wildman–Crippen LogP) is 3.34. The van der Waals surface area contributed by atoms with Crippen molar-refractivity contribution in [3.8, 4) is 11.4 Å². The molecule has 0 unspecified atom stereocenters. The summed E-state index contributed by atoms with van der Waals surface area (Å²) in [6.45, 7) is 4.05. The van der Waals surface area contributed by atoms with Gasteiger partial charge in [-0.05, 0) is 31.5 Å². The van der Waals surface area contributed by atoms with Crippen molar-refractivity contribution in [3.05, 3.63) is 34.1 Å². The van der Waals surface area contributed by atoms with E-state index >= 15 is 0 Å². The number of hydrogen-bond donors (Lipinski definition) is 1. The fourth-order valence-electron chi connectivity index (χ4n) is 2.21. The van der Waals surface area contributed by atoms with E-state index in [2.05, 4.69) is 44.0 Å². The Kier molecular flexibility index (Phi) is 2.52. The lowest BCUT2D eigenvalue weighted by Crippen LogP contribution is -1.86. The van der Waals surface area contributed by atoms with Crippen LogP contribution in [0.5, 0.6) is 0 Å². The fourth-order valence-corrected chi connectivity index (χ4v) is 2.78. The number of hydrogen-bond acceptors (Lipinski definition) is 2. The van der Waals surface area contributed by atoms with Gasteiger partial charge in [-0.25, -0.2) is 4.98 Å². The van der Waals surface area contributed by atoms with Gasteiger partial charge in [-0.15, -0.1) is 0 Å². The SMILES string of the molecule is Cc1nn(C)cc1-c1nc2c(C)cc(Br)cc2[nH]1. The van der Waals surface area contributed by atoms with Crippen molar-refractivity contribution in [1.82, 2.24) is 19.7 Å². The first-order chi connectivity index (χ1) is 8.54. The number of imidazole rings is 1. The van der Waals surface area contributed by atoms with Crippen LogP contribution in [0.1, 0.15) is 11.3 Å². The van der Waals surface area contributed by atoms with Gasteiger partial charge >= 0.3 is 0 Å². The van der Waals surface area contributed by atoms with Gasteiger partial charge in [-0.2, -0.15) is 5.10 Å². The van der Waals surface area contributed by atoms with E-state index in [0.717, 1.165) is 38.2 Å². The topological polar surface area (TPSA) is 46.5 Å². The molecular weight excluding hydrogens is 292 g/mol. The first kappa shape index (κ1) is 11.5. The monoisotopic (exact) mass is 304 g/mol. The molecule has 5 heteroatoms. The van der Waals surface area contributed by atoms with Crippen molar-refractivity contribution in [2.45, 2.75) is 13.8 Å². The van der Waals surface area contributed by atoms with Crippen LogP contribution in [0.15, 0.2) is 22.8 Å². The highest BCUT2D eigenvalue weighted by Crippen LogP contribution is 2.26. The zero-order valence-corrected chi connectivity index (χ0v) is 12.0. The van der Waals surface area contributed by atoms with E-state index in [9.17, 15) is 0 Å². The Hall–Kier alpha value is -1.62. The smallest absolute Gasteiger partial charge is 0.141 e. The molecule has 0 saturated heterocycles. The summed E-state index contributed by atoms with van der Waals surface area (Å²) in [5, 5.41) is 4.35. The zero-order chi connectivity index (χ0) is 12.9. The summed E-state index contributed by atoms with van der Waals surface area (Å²) >= 11 is 3.50. The van der Waals surface area contributed by atoms with Crippen LogP contribution >= 0.6 is 15.9 Å². The number of halogens is 1. The first-order valence-electron chi connectivity index (χ1n) is 5.71. The van der Waals surface area contributed by atoms with Gasteiger partial charge in [0.25, 0.3) is 0 Å². The molecule has 0 spiro atoms. The third kappa shape index (κ3) is 1.75. The number of nitrogens with one attached hydrogen (secondary N) is 1. The van der Waals surface area contributed by atoms with Crippen LogP contribution in [0.4, 0.5) is 0 Å². The summed E-state index contributed by atoms with van der Waals surface area (Å²) in [5.74, 6) is 0.872. The molecule has 0 atom stereocenters. The molecular formula is C13H13BrN4. The third-order valence-electron chi connectivity index (χ3n) is 3.01. The van der Waals surface area contributed by atoms with Crippen LogP contribution in [-0.4, -0.2) is 19.7 Å². The summed E-state index contributed by atoms with van der Waals surface area (Å²) in [6.07, 6.45) is 1.98. The standard InChI is InChI=1S/C13H13BrN4/c1-7-4-9(14)5-11-12(7)16-13(15-11)10-6-18(3)17-8(10)2/h4-6H,1-3H3,(H,15,16). The second-order valence-corrected chi connectivity index (χ2v) is 5.42. The molecule has 18 heavy (non-hydrogen) atoms. The number of rotatable bonds is 1. The largest absolute Gasteiger partial charge is 0.338 e. The van der Waals surface area contributed by atoms with Crippen LogP contribution in [0.2, 0.25) is 0 Å². The molecule has 4 nitrogen and oxygen atoms in total. The van der Waals surface area contributed by atoms with Gasteiger partial charge in [0.2, 0.25) is 0 Å². The van der Waals surface area contributed by atoms with Crippen molar-refractivity contribution < 1.29 is 0 Å². The molecule has 92 valence electrons. The Morgan fingerprint density at radius 3 is 2.72 bits per heavy atom. The molecule has 0 bridgehead atoms. The van der Waals surface area contributed by atoms with Crippen LogP contribution in [0.25, 0.3) is 22.4 Å². The van der Waals surface area contributed by atoms with E-state index in [1.54, 1.807) is 4.68 Å². The van der Waals surface area contributed by atoms with Gasteiger partial charge in [0.1, 0.15) is 5.82 Å². The molecule has 0 saturated carbocycles. The van der Waals surface area contributed by atoms with E-state index in [0.29, 0.717) is 0 Å². The zero-order valence-electron chi connectivity index (χ0n) is 10.5. The van der Waals surface area contributed by atoms with Crippen LogP contribution < -0.4 is 0 Å². The predicted molar refractivity (Wildman–Crippen MR) is 75.5 cm³/mol. The van der Waals surface area contributed by atoms with E-state index in [1.165, 1.54) is 0 Å². The molecule has 0 fully saturated rings. The summed E-state index contributed by atoms with van der Waals surface area (Å²) in [5.41, 5.74) is 5.23. The molecule has 1 aromatic carbocycles. The van der Waals surface area contributed by atoms with E-state index in [-0.39, 0.29) is 0 Å². The van der Waals surface area contributed by atoms with Crippen molar-refractivity contribution in [2.75, 3.05) is 0 Å². The van der Waals surface area contributed by atoms with Crippen LogP contribution in [-0.2, 0) is 7.05 Å². The maximum absolute atomic E-state index is 4.67. The molecule has 0 radical (unpaired) electrons. The van der Waals surface area contributed by atoms with Crippen molar-refractivity contribution >= 4 is 27.0 Å². The summed E-state index contributed by atoms with van der Waals surface area (Å²) < 4.78 is 2.87. The average Bonchev–Trinajstić information content (AvgIpc) is 2.81. The Morgan fingerprint density at radius 1 is 1.28 bits per heavy atom. The Bertz CT molecular complexity index is 739. The maximum Gasteiger partial charge on any atom is 0.141 e. The summed E-state index contributed by atoms with van der Waals surface area (Å²) in [7, 11) is 1.92. The summed E-state index contributed by atoms with van der Waals surface area (Å²) in [4.78, 5) is 8.02. The fraction of sp³-hybridized carbons (Fsp3) is 0.231. The van der Waals surface area contributed by atoms with Crippen LogP contribution in [0.3, 0.4) is 0 Å². The number of aromatic amines is 1. The molecule has 0 aliphatic heterocycles. The maximum atomic E-state index is 4.67. The lowest BCUT2D eigenvalue weighted by molar-refractivity contribution is 0.756. The lowest BCUT2D eigenvalue weighted by Gasteiger charge is -1.94. The highest BCUT2D eigenvalue weighted by atomic mass is 79.9. The highest BCUT2D eigenvalue weighted by Gasteiger charge is 2.12. The number of fused-ring (bicyclic) bond motifs is 1. The molecule has 0 amide bonds. The molecule has 3 rings (SSSR count). The minimum absolute atomic E-state index is 0.872. The van der Waals surface area contributed by atoms with Gasteiger partial charge in [-0.3, -0.25) is 4.68 Å². The van der Waals surface area contributed by atoms with Gasteiger partial charge < -0.3 is 4.98 Å². The lowest BCUT2D eigenvalue weighted by atomic mass is 10.2. The number of benzene rings is 1. The number of aromatic nitrogens is 4. The van der Waals surface area contributed by atoms with Crippen molar-refractivity contribution in [2.24, 2.45) is 7.05 Å². The molecule has 1 N–H and O–H groups in total. The summed E-state index contributed by atoms with van der Waals surface area (Å²) in [6, 6.07) is 4.12. The third-order valence-corrected chi connectivity index (χ3v) is 3.47. The van der Waals surface area contributed by atoms with Crippen molar-refractivity contribution in [3.63, 3.8) is 0 Å². The average molecular weight is 305 g/mol. The molecule has 0 aliphatic rings. The molecule has 3 aromatic rings. The highest BCUT2D eigenvalue weighted by molar-refractivity contribution is 9.10. The van der Waals surface area contributed by atoms with E-state index in [1.807, 2.05) is 26.2 Å².